The lowest BCUT2D eigenvalue weighted by atomic mass is 9.29. The Kier molecular flexibility index (Phi) is 10.9. The smallest absolute Gasteiger partial charge is 0.335 e. The largest absolute Gasteiger partial charge is 0.478 e. The molecule has 2 aliphatic heterocycles. The van der Waals surface area contributed by atoms with Crippen LogP contribution >= 0.6 is 0 Å². The number of carbonyl (C=O) groups excluding carboxylic acids is 1. The monoisotopic (exact) mass is 790 g/mol. The van der Waals surface area contributed by atoms with Crippen LogP contribution in [0.25, 0.3) is 6.08 Å². The minimum Gasteiger partial charge on any atom is -0.478 e. The van der Waals surface area contributed by atoms with Gasteiger partial charge in [-0.05, 0) is 173 Å². The highest BCUT2D eigenvalue weighted by Gasteiger charge is 2.74. The first-order valence-corrected chi connectivity index (χ1v) is 23.7. The van der Waals surface area contributed by atoms with Crippen molar-refractivity contribution in [1.82, 2.24) is 15.1 Å². The second-order valence-electron chi connectivity index (χ2n) is 20.9. The van der Waals surface area contributed by atoms with E-state index in [9.17, 15) is 23.1 Å². The van der Waals surface area contributed by atoms with Crippen LogP contribution in [0.1, 0.15) is 129 Å². The second-order valence-corrected chi connectivity index (χ2v) is 23.2. The second kappa shape index (κ2) is 14.7. The Balaban J connectivity index is 1.07. The van der Waals surface area contributed by atoms with Gasteiger partial charge < -0.3 is 20.2 Å². The summed E-state index contributed by atoms with van der Waals surface area (Å²) in [6.07, 6.45) is 15.5. The van der Waals surface area contributed by atoms with Crippen LogP contribution in [0.15, 0.2) is 42.5 Å². The molecule has 0 spiro atoms. The number of rotatable bonds is 10. The number of benzene rings is 1. The molecule has 6 fully saturated rings. The molecule has 0 unspecified atom stereocenters. The molecule has 6 aliphatic rings. The number of fused-ring (bicyclic) bond motifs is 7. The van der Waals surface area contributed by atoms with E-state index in [2.05, 4.69) is 70.2 Å². The van der Waals surface area contributed by atoms with E-state index in [1.54, 1.807) is 30.3 Å². The van der Waals surface area contributed by atoms with Crippen molar-refractivity contribution in [3.8, 4) is 0 Å². The summed E-state index contributed by atoms with van der Waals surface area (Å²) >= 11 is 0. The molecule has 310 valence electrons. The molecule has 8 nitrogen and oxygen atoms in total. The molecule has 9 heteroatoms. The lowest BCUT2D eigenvalue weighted by Gasteiger charge is -2.76. The molecule has 0 bridgehead atoms. The van der Waals surface area contributed by atoms with E-state index in [1.807, 2.05) is 6.08 Å². The zero-order valence-electron chi connectivity index (χ0n) is 35.6. The minimum atomic E-state index is -2.85. The SMILES string of the molecule is C=C(C)[C@@H]1CC[C@]2(CNCCCN3CCS(=O)(=O)CC3)CC[C@@]3(C)[C@]4(C)CC[C@H]5C(C)(C)N(C(=O)/C=C/c6ccc(C(=O)O)cc6)CC[C@]5(C)[C@H]4CC[C@]3(C)[C@@H]12. The van der Waals surface area contributed by atoms with Crippen molar-refractivity contribution < 1.29 is 23.1 Å². The highest BCUT2D eigenvalue weighted by atomic mass is 32.2. The first-order valence-electron chi connectivity index (χ1n) is 21.9. The van der Waals surface area contributed by atoms with Crippen molar-refractivity contribution in [2.75, 3.05) is 50.8 Å². The predicted octanol–water partition coefficient (Wildman–Crippen LogP) is 8.35. The summed E-state index contributed by atoms with van der Waals surface area (Å²) < 4.78 is 23.8. The van der Waals surface area contributed by atoms with Gasteiger partial charge >= 0.3 is 5.97 Å². The minimum absolute atomic E-state index is 0.0436. The normalized spacial score (nSPS) is 40.3. The van der Waals surface area contributed by atoms with E-state index in [-0.39, 0.29) is 44.1 Å². The summed E-state index contributed by atoms with van der Waals surface area (Å²) in [7, 11) is -2.85. The molecule has 4 aliphatic carbocycles. The summed E-state index contributed by atoms with van der Waals surface area (Å²) in [4.78, 5) is 29.7. The number of sulfone groups is 1. The number of hydrogen-bond acceptors (Lipinski definition) is 6. The number of piperidine rings is 1. The van der Waals surface area contributed by atoms with Gasteiger partial charge in [0.05, 0.1) is 17.1 Å². The predicted molar refractivity (Wildman–Crippen MR) is 226 cm³/mol. The molecule has 56 heavy (non-hydrogen) atoms. The number of amides is 1. The Labute approximate surface area is 338 Å². The van der Waals surface area contributed by atoms with Gasteiger partial charge in [0.25, 0.3) is 0 Å². The Bertz CT molecular complexity index is 1830. The number of nitrogens with zero attached hydrogens (tertiary/aromatic N) is 2. The molecule has 2 N–H and O–H groups in total. The number of aromatic carboxylic acids is 1. The van der Waals surface area contributed by atoms with E-state index in [0.29, 0.717) is 48.3 Å². The maximum absolute atomic E-state index is 13.9. The third-order valence-electron chi connectivity index (χ3n) is 18.3. The number of allylic oxidation sites excluding steroid dienone is 1. The summed E-state index contributed by atoms with van der Waals surface area (Å²) in [6, 6.07) is 6.70. The topological polar surface area (TPSA) is 107 Å². The van der Waals surface area contributed by atoms with E-state index in [4.69, 9.17) is 0 Å². The molecule has 1 aromatic carbocycles. The van der Waals surface area contributed by atoms with Crippen LogP contribution in [0.3, 0.4) is 0 Å². The van der Waals surface area contributed by atoms with E-state index < -0.39 is 15.8 Å². The van der Waals surface area contributed by atoms with Crippen LogP contribution in [0.4, 0.5) is 0 Å². The molecule has 0 aromatic heterocycles. The van der Waals surface area contributed by atoms with Crippen molar-refractivity contribution in [2.24, 2.45) is 50.7 Å². The summed E-state index contributed by atoms with van der Waals surface area (Å²) in [5.74, 6) is 1.87. The van der Waals surface area contributed by atoms with Gasteiger partial charge in [0.15, 0.2) is 9.84 Å². The molecule has 4 saturated carbocycles. The van der Waals surface area contributed by atoms with Crippen LogP contribution in [0.2, 0.25) is 0 Å². The molecular formula is C47H71N3O5S. The molecule has 1 aromatic rings. The molecule has 7 rings (SSSR count). The highest BCUT2D eigenvalue weighted by molar-refractivity contribution is 7.91. The zero-order chi connectivity index (χ0) is 40.5. The van der Waals surface area contributed by atoms with Crippen LogP contribution < -0.4 is 5.32 Å². The van der Waals surface area contributed by atoms with Crippen molar-refractivity contribution in [1.29, 1.82) is 0 Å². The molecule has 2 heterocycles. The Morgan fingerprint density at radius 1 is 0.875 bits per heavy atom. The number of likely N-dealkylation sites (tertiary alicyclic amines) is 1. The van der Waals surface area contributed by atoms with Crippen LogP contribution in [-0.4, -0.2) is 91.5 Å². The number of nitrogens with one attached hydrogen (secondary N) is 1. The average Bonchev–Trinajstić information content (AvgIpc) is 3.53. The first kappa shape index (κ1) is 41.7. The van der Waals surface area contributed by atoms with Crippen molar-refractivity contribution in [2.45, 2.75) is 118 Å². The number of carbonyl (C=O) groups is 2. The standard InChI is InChI=1S/C47H71N3O5S/c1-33(2)36-16-21-47(32-48-25-9-26-49-28-30-56(54,55)31-29-49)23-22-46(8)44(6)19-17-37-42(3,4)50(39(51)15-12-34-10-13-35(14-11-34)41(52)53)27-24-43(37,5)38(44)18-20-45(46,7)40(36)47/h10-15,36-38,40,48H,1,9,16-32H2,2-8H3,(H,52,53)/b15-12+/t36-,37-,38+,40+,43-,44+,45+,46-,47+/m0/s1. The fourth-order valence-corrected chi connectivity index (χ4v) is 16.3. The fourth-order valence-electron chi connectivity index (χ4n) is 15.0. The third kappa shape index (κ3) is 6.66. The number of carboxylic acid groups (broad SMARTS) is 1. The maximum Gasteiger partial charge on any atom is 0.335 e. The van der Waals surface area contributed by atoms with Crippen LogP contribution in [0, 0.1) is 50.7 Å². The van der Waals surface area contributed by atoms with Gasteiger partial charge in [0, 0.05) is 37.8 Å². The Hall–Kier alpha value is -2.49. The van der Waals surface area contributed by atoms with Gasteiger partial charge in [-0.1, -0.05) is 52.0 Å². The molecule has 2 saturated heterocycles. The molecular weight excluding hydrogens is 719 g/mol. The summed E-state index contributed by atoms with van der Waals surface area (Å²) in [6.45, 7) is 27.4. The Morgan fingerprint density at radius 2 is 1.54 bits per heavy atom. The van der Waals surface area contributed by atoms with Crippen molar-refractivity contribution >= 4 is 27.8 Å². The first-order chi connectivity index (χ1) is 26.2. The molecule has 0 radical (unpaired) electrons. The van der Waals surface area contributed by atoms with E-state index >= 15 is 0 Å². The van der Waals surface area contributed by atoms with Crippen LogP contribution in [-0.2, 0) is 14.6 Å². The average molecular weight is 790 g/mol. The molecule has 9 atom stereocenters. The van der Waals surface area contributed by atoms with Crippen LogP contribution in [0.5, 0.6) is 0 Å². The zero-order valence-corrected chi connectivity index (χ0v) is 36.4. The lowest BCUT2D eigenvalue weighted by molar-refractivity contribution is -0.272. The Morgan fingerprint density at radius 3 is 2.20 bits per heavy atom. The van der Waals surface area contributed by atoms with Gasteiger partial charge in [-0.3, -0.25) is 4.79 Å². The van der Waals surface area contributed by atoms with Crippen molar-refractivity contribution in [3.05, 3.63) is 53.6 Å². The van der Waals surface area contributed by atoms with Gasteiger partial charge in [-0.15, -0.1) is 0 Å². The van der Waals surface area contributed by atoms with Crippen molar-refractivity contribution in [3.63, 3.8) is 0 Å². The highest BCUT2D eigenvalue weighted by Crippen LogP contribution is 2.80. The third-order valence-corrected chi connectivity index (χ3v) is 19.9. The fraction of sp³-hybridized carbons (Fsp3) is 0.745. The van der Waals surface area contributed by atoms with Gasteiger partial charge in [-0.2, -0.15) is 0 Å². The maximum atomic E-state index is 13.9. The van der Waals surface area contributed by atoms with Gasteiger partial charge in [0.1, 0.15) is 0 Å². The summed E-state index contributed by atoms with van der Waals surface area (Å²) in [5, 5.41) is 13.3. The molecule has 1 amide bonds. The lowest BCUT2D eigenvalue weighted by Crippen LogP contribution is -2.72. The summed E-state index contributed by atoms with van der Waals surface area (Å²) in [5.41, 5.74) is 3.21. The van der Waals surface area contributed by atoms with Gasteiger partial charge in [0.2, 0.25) is 5.91 Å². The van der Waals surface area contributed by atoms with E-state index in [0.717, 1.165) is 51.0 Å². The quantitative estimate of drug-likeness (QED) is 0.140. The number of hydrogen-bond donors (Lipinski definition) is 2. The van der Waals surface area contributed by atoms with Gasteiger partial charge in [-0.25, -0.2) is 13.2 Å². The number of carboxylic acids is 1. The van der Waals surface area contributed by atoms with E-state index in [1.165, 1.54) is 50.5 Å².